The minimum Gasteiger partial charge on any atom is -0.333 e. The topological polar surface area (TPSA) is 38.8 Å². The Kier molecular flexibility index (Phi) is 6.14. The first-order valence-corrected chi connectivity index (χ1v) is 9.97. The monoisotopic (exact) mass is 350 g/mol. The first-order chi connectivity index (χ1) is 11.6. The highest BCUT2D eigenvalue weighted by Crippen LogP contribution is 2.21. The molecule has 5 nitrogen and oxygen atoms in total. The summed E-state index contributed by atoms with van der Waals surface area (Å²) in [5.41, 5.74) is 0. The van der Waals surface area contributed by atoms with Crippen LogP contribution in [-0.2, 0) is 6.54 Å². The summed E-state index contributed by atoms with van der Waals surface area (Å²) >= 11 is 1.69. The lowest BCUT2D eigenvalue weighted by Gasteiger charge is -2.41. The third-order valence-corrected chi connectivity index (χ3v) is 6.23. The molecule has 2 aliphatic rings. The predicted molar refractivity (Wildman–Crippen MR) is 99.4 cm³/mol. The normalized spacial score (nSPS) is 24.2. The SMILES string of the molecule is CC1CN(C)CCN1CC1CCN(C(=O)NCc2cccs2)CC1. The van der Waals surface area contributed by atoms with E-state index in [0.29, 0.717) is 12.6 Å². The van der Waals surface area contributed by atoms with Crippen molar-refractivity contribution in [2.45, 2.75) is 32.4 Å². The second kappa shape index (κ2) is 8.32. The van der Waals surface area contributed by atoms with E-state index in [2.05, 4.69) is 35.2 Å². The van der Waals surface area contributed by atoms with Gasteiger partial charge in [-0.2, -0.15) is 0 Å². The number of hydrogen-bond donors (Lipinski definition) is 1. The lowest BCUT2D eigenvalue weighted by atomic mass is 9.95. The van der Waals surface area contributed by atoms with Crippen LogP contribution in [0.5, 0.6) is 0 Å². The number of carbonyl (C=O) groups is 1. The molecule has 0 radical (unpaired) electrons. The first kappa shape index (κ1) is 17.7. The van der Waals surface area contributed by atoms with Crippen molar-refractivity contribution >= 4 is 17.4 Å². The van der Waals surface area contributed by atoms with Crippen molar-refractivity contribution in [3.8, 4) is 0 Å². The van der Waals surface area contributed by atoms with E-state index in [0.717, 1.165) is 31.8 Å². The van der Waals surface area contributed by atoms with Gasteiger partial charge in [0.15, 0.2) is 0 Å². The minimum atomic E-state index is 0.0924. The number of thiophene rings is 1. The van der Waals surface area contributed by atoms with Crippen LogP contribution in [0.25, 0.3) is 0 Å². The van der Waals surface area contributed by atoms with Crippen LogP contribution in [-0.4, -0.2) is 73.1 Å². The number of piperidine rings is 1. The van der Waals surface area contributed by atoms with Gasteiger partial charge in [0.05, 0.1) is 6.54 Å². The van der Waals surface area contributed by atoms with Crippen molar-refractivity contribution in [1.29, 1.82) is 0 Å². The predicted octanol–water partition coefficient (Wildman–Crippen LogP) is 2.31. The molecule has 1 unspecified atom stereocenters. The summed E-state index contributed by atoms with van der Waals surface area (Å²) in [7, 11) is 2.21. The molecule has 1 aromatic heterocycles. The second-order valence-electron chi connectivity index (χ2n) is 7.27. The van der Waals surface area contributed by atoms with Crippen LogP contribution in [0.1, 0.15) is 24.6 Å². The van der Waals surface area contributed by atoms with E-state index in [4.69, 9.17) is 0 Å². The highest BCUT2D eigenvalue weighted by atomic mass is 32.1. The smallest absolute Gasteiger partial charge is 0.317 e. The average Bonchev–Trinajstić information content (AvgIpc) is 3.09. The molecule has 134 valence electrons. The molecule has 24 heavy (non-hydrogen) atoms. The molecular weight excluding hydrogens is 320 g/mol. The van der Waals surface area contributed by atoms with Crippen molar-refractivity contribution in [2.75, 3.05) is 46.3 Å². The van der Waals surface area contributed by atoms with Gasteiger partial charge in [-0.25, -0.2) is 4.79 Å². The number of likely N-dealkylation sites (N-methyl/N-ethyl adjacent to an activating group) is 1. The van der Waals surface area contributed by atoms with Gasteiger partial charge in [-0.05, 0) is 44.2 Å². The number of nitrogens with one attached hydrogen (secondary N) is 1. The number of amides is 2. The van der Waals surface area contributed by atoms with E-state index in [1.165, 1.54) is 31.1 Å². The van der Waals surface area contributed by atoms with Gasteiger partial charge in [0.2, 0.25) is 0 Å². The number of likely N-dealkylation sites (tertiary alicyclic amines) is 1. The molecule has 0 aromatic carbocycles. The molecule has 2 saturated heterocycles. The molecule has 2 fully saturated rings. The van der Waals surface area contributed by atoms with Crippen LogP contribution < -0.4 is 5.32 Å². The highest BCUT2D eigenvalue weighted by Gasteiger charge is 2.27. The summed E-state index contributed by atoms with van der Waals surface area (Å²) in [4.78, 5) is 20.5. The van der Waals surface area contributed by atoms with Crippen LogP contribution in [0.15, 0.2) is 17.5 Å². The van der Waals surface area contributed by atoms with Gasteiger partial charge in [-0.15, -0.1) is 11.3 Å². The molecule has 1 N–H and O–H groups in total. The van der Waals surface area contributed by atoms with Gasteiger partial charge in [-0.3, -0.25) is 4.90 Å². The van der Waals surface area contributed by atoms with Crippen molar-refractivity contribution in [1.82, 2.24) is 20.0 Å². The zero-order valence-corrected chi connectivity index (χ0v) is 15.7. The number of rotatable bonds is 4. The van der Waals surface area contributed by atoms with Crippen molar-refractivity contribution in [3.05, 3.63) is 22.4 Å². The number of nitrogens with zero attached hydrogens (tertiary/aromatic N) is 3. The lowest BCUT2D eigenvalue weighted by molar-refractivity contribution is 0.0712. The second-order valence-corrected chi connectivity index (χ2v) is 8.31. The van der Waals surface area contributed by atoms with E-state index < -0.39 is 0 Å². The zero-order chi connectivity index (χ0) is 16.9. The summed E-state index contributed by atoms with van der Waals surface area (Å²) in [6.45, 7) is 9.49. The van der Waals surface area contributed by atoms with Crippen LogP contribution in [0.4, 0.5) is 4.79 Å². The maximum absolute atomic E-state index is 12.3. The summed E-state index contributed by atoms with van der Waals surface area (Å²) in [5, 5.41) is 5.09. The molecular formula is C18H30N4OS. The molecule has 0 saturated carbocycles. The maximum atomic E-state index is 12.3. The van der Waals surface area contributed by atoms with E-state index in [9.17, 15) is 4.79 Å². The summed E-state index contributed by atoms with van der Waals surface area (Å²) in [6, 6.07) is 4.83. The van der Waals surface area contributed by atoms with Crippen molar-refractivity contribution < 1.29 is 4.79 Å². The summed E-state index contributed by atoms with van der Waals surface area (Å²) in [6.07, 6.45) is 2.26. The van der Waals surface area contributed by atoms with Crippen LogP contribution >= 0.6 is 11.3 Å². The Balaban J connectivity index is 1.38. The fourth-order valence-corrected chi connectivity index (χ4v) is 4.43. The molecule has 2 aliphatic heterocycles. The Labute approximate surface area is 149 Å². The van der Waals surface area contributed by atoms with Gasteiger partial charge in [0.25, 0.3) is 0 Å². The molecule has 3 rings (SSSR count). The van der Waals surface area contributed by atoms with Gasteiger partial charge >= 0.3 is 6.03 Å². The average molecular weight is 351 g/mol. The Bertz CT molecular complexity index is 513. The van der Waals surface area contributed by atoms with E-state index in [1.807, 2.05) is 16.3 Å². The summed E-state index contributed by atoms with van der Waals surface area (Å²) in [5.74, 6) is 0.734. The fourth-order valence-electron chi connectivity index (χ4n) is 3.79. The Hall–Kier alpha value is -1.11. The van der Waals surface area contributed by atoms with Gasteiger partial charge in [-0.1, -0.05) is 6.07 Å². The third-order valence-electron chi connectivity index (χ3n) is 5.36. The third kappa shape index (κ3) is 4.71. The number of urea groups is 1. The van der Waals surface area contributed by atoms with E-state index in [1.54, 1.807) is 11.3 Å². The van der Waals surface area contributed by atoms with Crippen LogP contribution in [0.2, 0.25) is 0 Å². The van der Waals surface area contributed by atoms with E-state index >= 15 is 0 Å². The van der Waals surface area contributed by atoms with Gasteiger partial charge in [0, 0.05) is 50.2 Å². The molecule has 3 heterocycles. The quantitative estimate of drug-likeness (QED) is 0.906. The minimum absolute atomic E-state index is 0.0924. The molecule has 6 heteroatoms. The summed E-state index contributed by atoms with van der Waals surface area (Å²) < 4.78 is 0. The zero-order valence-electron chi connectivity index (χ0n) is 14.9. The first-order valence-electron chi connectivity index (χ1n) is 9.09. The number of piperazine rings is 1. The Morgan fingerprint density at radius 1 is 1.29 bits per heavy atom. The van der Waals surface area contributed by atoms with Crippen molar-refractivity contribution in [3.63, 3.8) is 0 Å². The molecule has 1 atom stereocenters. The molecule has 0 aliphatic carbocycles. The largest absolute Gasteiger partial charge is 0.333 e. The Morgan fingerprint density at radius 3 is 2.75 bits per heavy atom. The standard InChI is InChI=1S/C18H30N4OS/c1-15-13-20(2)9-10-22(15)14-16-5-7-21(8-6-16)18(23)19-12-17-4-3-11-24-17/h3-4,11,15-16H,5-10,12-14H2,1-2H3,(H,19,23). The maximum Gasteiger partial charge on any atom is 0.317 e. The van der Waals surface area contributed by atoms with E-state index in [-0.39, 0.29) is 6.03 Å². The lowest BCUT2D eigenvalue weighted by Crippen LogP contribution is -2.53. The van der Waals surface area contributed by atoms with Crippen LogP contribution in [0.3, 0.4) is 0 Å². The molecule has 2 amide bonds. The number of hydrogen-bond acceptors (Lipinski definition) is 4. The highest BCUT2D eigenvalue weighted by molar-refractivity contribution is 7.09. The van der Waals surface area contributed by atoms with Gasteiger partial charge < -0.3 is 15.1 Å². The Morgan fingerprint density at radius 2 is 2.08 bits per heavy atom. The number of carbonyl (C=O) groups excluding carboxylic acids is 1. The van der Waals surface area contributed by atoms with Crippen LogP contribution in [0, 0.1) is 5.92 Å². The van der Waals surface area contributed by atoms with Gasteiger partial charge in [0.1, 0.15) is 0 Å². The fraction of sp³-hybridized carbons (Fsp3) is 0.722. The molecule has 0 bridgehead atoms. The molecule has 0 spiro atoms. The molecule has 1 aromatic rings. The van der Waals surface area contributed by atoms with Crippen molar-refractivity contribution in [2.24, 2.45) is 5.92 Å².